The third kappa shape index (κ3) is 5.92. The molecule has 172 valence electrons. The van der Waals surface area contributed by atoms with Gasteiger partial charge in [-0.1, -0.05) is 30.7 Å². The smallest absolute Gasteiger partial charge is 0.340 e. The summed E-state index contributed by atoms with van der Waals surface area (Å²) in [7, 11) is 0. The van der Waals surface area contributed by atoms with Gasteiger partial charge in [0.25, 0.3) is 0 Å². The van der Waals surface area contributed by atoms with Crippen LogP contribution in [-0.4, -0.2) is 22.7 Å². The van der Waals surface area contributed by atoms with E-state index in [1.165, 1.54) is 0 Å². The highest BCUT2D eigenvalue weighted by atomic mass is 16.6. The number of hydrogen-bond donors (Lipinski definition) is 1. The molecule has 1 fully saturated rings. The highest BCUT2D eigenvalue weighted by Gasteiger charge is 2.24. The van der Waals surface area contributed by atoms with Gasteiger partial charge >= 0.3 is 5.97 Å². The van der Waals surface area contributed by atoms with Gasteiger partial charge in [-0.25, -0.2) is 4.79 Å². The van der Waals surface area contributed by atoms with E-state index in [4.69, 9.17) is 14.5 Å². The van der Waals surface area contributed by atoms with E-state index < -0.39 is 5.60 Å². The highest BCUT2D eigenvalue weighted by Crippen LogP contribution is 2.32. The predicted molar refractivity (Wildman–Crippen MR) is 132 cm³/mol. The Labute approximate surface area is 196 Å². The van der Waals surface area contributed by atoms with E-state index in [-0.39, 0.29) is 5.97 Å². The number of benzene rings is 2. The van der Waals surface area contributed by atoms with Gasteiger partial charge in [-0.2, -0.15) is 0 Å². The number of carbonyl (C=O) groups is 1. The van der Waals surface area contributed by atoms with E-state index in [0.717, 1.165) is 53.1 Å². The molecule has 1 saturated carbocycles. The van der Waals surface area contributed by atoms with Gasteiger partial charge < -0.3 is 14.8 Å². The average molecular weight is 445 g/mol. The van der Waals surface area contributed by atoms with E-state index in [2.05, 4.69) is 30.4 Å². The molecule has 1 aliphatic carbocycles. The molecular weight excluding hydrogens is 412 g/mol. The maximum atomic E-state index is 12.8. The van der Waals surface area contributed by atoms with Crippen molar-refractivity contribution >= 4 is 17.3 Å². The molecule has 1 aromatic heterocycles. The van der Waals surface area contributed by atoms with Crippen LogP contribution in [0.15, 0.2) is 54.7 Å². The zero-order valence-electron chi connectivity index (χ0n) is 20.1. The standard InChI is InChI=1S/C28H32N2O3/c1-6-19-15-21(17-29-26(19)20-8-7-9-23(16-20)32-22-11-12-22)30-25-13-10-18(2)14-24(25)27(31)33-28(3,4)5/h7-10,13-17,22,30H,6,11-12H2,1-5H3. The summed E-state index contributed by atoms with van der Waals surface area (Å²) in [5, 5.41) is 3.38. The summed E-state index contributed by atoms with van der Waals surface area (Å²) in [6, 6.07) is 16.0. The van der Waals surface area contributed by atoms with E-state index in [9.17, 15) is 4.79 Å². The molecule has 5 heteroatoms. The molecule has 0 atom stereocenters. The van der Waals surface area contributed by atoms with Crippen LogP contribution in [0.4, 0.5) is 11.4 Å². The Morgan fingerprint density at radius 3 is 2.61 bits per heavy atom. The number of rotatable bonds is 7. The predicted octanol–water partition coefficient (Wildman–Crippen LogP) is 6.86. The van der Waals surface area contributed by atoms with Gasteiger partial charge in [-0.05, 0) is 82.9 Å². The minimum Gasteiger partial charge on any atom is -0.490 e. The molecule has 0 spiro atoms. The van der Waals surface area contributed by atoms with Crippen molar-refractivity contribution in [1.82, 2.24) is 4.98 Å². The van der Waals surface area contributed by atoms with Crippen LogP contribution < -0.4 is 10.1 Å². The lowest BCUT2D eigenvalue weighted by molar-refractivity contribution is 0.00706. The van der Waals surface area contributed by atoms with Gasteiger partial charge in [0.15, 0.2) is 0 Å². The topological polar surface area (TPSA) is 60.5 Å². The Morgan fingerprint density at radius 2 is 1.91 bits per heavy atom. The number of carbonyl (C=O) groups excluding carboxylic acids is 1. The molecule has 0 amide bonds. The molecule has 2 aromatic carbocycles. The molecule has 33 heavy (non-hydrogen) atoms. The number of esters is 1. The minimum absolute atomic E-state index is 0.346. The van der Waals surface area contributed by atoms with Gasteiger partial charge in [-0.3, -0.25) is 4.98 Å². The van der Waals surface area contributed by atoms with Gasteiger partial charge in [0.2, 0.25) is 0 Å². The lowest BCUT2D eigenvalue weighted by Crippen LogP contribution is -2.24. The number of hydrogen-bond acceptors (Lipinski definition) is 5. The van der Waals surface area contributed by atoms with E-state index in [1.54, 1.807) is 0 Å². The zero-order chi connectivity index (χ0) is 23.6. The SMILES string of the molecule is CCc1cc(Nc2ccc(C)cc2C(=O)OC(C)(C)C)cnc1-c1cccc(OC2CC2)c1. The number of nitrogens with zero attached hydrogens (tertiary/aromatic N) is 1. The van der Waals surface area contributed by atoms with Crippen molar-refractivity contribution in [3.63, 3.8) is 0 Å². The fourth-order valence-electron chi connectivity index (χ4n) is 3.63. The number of anilines is 2. The van der Waals surface area contributed by atoms with Crippen molar-refractivity contribution in [1.29, 1.82) is 0 Å². The van der Waals surface area contributed by atoms with Crippen molar-refractivity contribution in [3.8, 4) is 17.0 Å². The van der Waals surface area contributed by atoms with Crippen molar-refractivity contribution in [3.05, 3.63) is 71.4 Å². The monoisotopic (exact) mass is 444 g/mol. The van der Waals surface area contributed by atoms with Crippen molar-refractivity contribution in [2.45, 2.75) is 65.6 Å². The second kappa shape index (κ2) is 9.26. The Hall–Kier alpha value is -3.34. The fourth-order valence-corrected chi connectivity index (χ4v) is 3.63. The van der Waals surface area contributed by atoms with Gasteiger partial charge in [-0.15, -0.1) is 0 Å². The molecule has 4 rings (SSSR count). The summed E-state index contributed by atoms with van der Waals surface area (Å²) in [6.07, 6.45) is 5.26. The molecule has 0 aliphatic heterocycles. The van der Waals surface area contributed by atoms with E-state index in [0.29, 0.717) is 17.4 Å². The first kappa shape index (κ1) is 22.8. The number of pyridine rings is 1. The van der Waals surface area contributed by atoms with Crippen molar-refractivity contribution in [2.75, 3.05) is 5.32 Å². The summed E-state index contributed by atoms with van der Waals surface area (Å²) in [5.74, 6) is 0.546. The maximum absolute atomic E-state index is 12.8. The third-order valence-corrected chi connectivity index (χ3v) is 5.36. The first-order chi connectivity index (χ1) is 15.7. The lowest BCUT2D eigenvalue weighted by atomic mass is 10.0. The molecule has 1 heterocycles. The van der Waals surface area contributed by atoms with E-state index in [1.807, 2.05) is 64.2 Å². The summed E-state index contributed by atoms with van der Waals surface area (Å²) >= 11 is 0. The number of nitrogens with one attached hydrogen (secondary N) is 1. The second-order valence-corrected chi connectivity index (χ2v) is 9.61. The molecule has 0 unspecified atom stereocenters. The number of aryl methyl sites for hydroxylation is 2. The second-order valence-electron chi connectivity index (χ2n) is 9.61. The molecular formula is C28H32N2O3. The highest BCUT2D eigenvalue weighted by molar-refractivity contribution is 5.97. The van der Waals surface area contributed by atoms with Crippen LogP contribution in [0.3, 0.4) is 0 Å². The van der Waals surface area contributed by atoms with Crippen LogP contribution in [-0.2, 0) is 11.2 Å². The van der Waals surface area contributed by atoms with Crippen LogP contribution in [0.1, 0.15) is 62.0 Å². The first-order valence-electron chi connectivity index (χ1n) is 11.6. The fraction of sp³-hybridized carbons (Fsp3) is 0.357. The van der Waals surface area contributed by atoms with Gasteiger partial charge in [0.05, 0.1) is 34.9 Å². The summed E-state index contributed by atoms with van der Waals surface area (Å²) in [4.78, 5) is 17.6. The van der Waals surface area contributed by atoms with Crippen LogP contribution >= 0.6 is 0 Å². The Kier molecular flexibility index (Phi) is 6.41. The summed E-state index contributed by atoms with van der Waals surface area (Å²) < 4.78 is 11.6. The minimum atomic E-state index is -0.561. The largest absolute Gasteiger partial charge is 0.490 e. The van der Waals surface area contributed by atoms with Gasteiger partial charge in [0, 0.05) is 5.56 Å². The molecule has 3 aromatic rings. The van der Waals surface area contributed by atoms with Gasteiger partial charge in [0.1, 0.15) is 11.4 Å². The molecule has 0 bridgehead atoms. The maximum Gasteiger partial charge on any atom is 0.340 e. The van der Waals surface area contributed by atoms with Crippen molar-refractivity contribution < 1.29 is 14.3 Å². The van der Waals surface area contributed by atoms with E-state index >= 15 is 0 Å². The van der Waals surface area contributed by atoms with Crippen LogP contribution in [0, 0.1) is 6.92 Å². The molecule has 0 saturated heterocycles. The molecule has 1 N–H and O–H groups in total. The Morgan fingerprint density at radius 1 is 1.12 bits per heavy atom. The first-order valence-corrected chi connectivity index (χ1v) is 11.6. The average Bonchev–Trinajstić information content (AvgIpc) is 3.58. The summed E-state index contributed by atoms with van der Waals surface area (Å²) in [5.41, 5.74) is 5.58. The lowest BCUT2D eigenvalue weighted by Gasteiger charge is -2.21. The molecule has 0 radical (unpaired) electrons. The Bertz CT molecular complexity index is 1160. The van der Waals surface area contributed by atoms with Crippen LogP contribution in [0.25, 0.3) is 11.3 Å². The number of ether oxygens (including phenoxy) is 2. The van der Waals surface area contributed by atoms with Crippen molar-refractivity contribution in [2.24, 2.45) is 0 Å². The molecule has 1 aliphatic rings. The number of aromatic nitrogens is 1. The van der Waals surface area contributed by atoms with Crippen LogP contribution in [0.2, 0.25) is 0 Å². The normalized spacial score (nSPS) is 13.5. The molecule has 5 nitrogen and oxygen atoms in total. The summed E-state index contributed by atoms with van der Waals surface area (Å²) in [6.45, 7) is 9.69. The Balaban J connectivity index is 1.61. The quantitative estimate of drug-likeness (QED) is 0.403. The zero-order valence-corrected chi connectivity index (χ0v) is 20.1. The van der Waals surface area contributed by atoms with Crippen LogP contribution in [0.5, 0.6) is 5.75 Å². The third-order valence-electron chi connectivity index (χ3n) is 5.36.